The summed E-state index contributed by atoms with van der Waals surface area (Å²) in [7, 11) is 0. The van der Waals surface area contributed by atoms with Gasteiger partial charge in [-0.3, -0.25) is 4.79 Å². The van der Waals surface area contributed by atoms with Crippen LogP contribution < -0.4 is 5.32 Å². The normalized spacial score (nSPS) is 13.9. The number of rotatable bonds is 6. The predicted molar refractivity (Wildman–Crippen MR) is 84.0 cm³/mol. The smallest absolute Gasteiger partial charge is 0.263 e. The van der Waals surface area contributed by atoms with Crippen LogP contribution in [0.3, 0.4) is 0 Å². The van der Waals surface area contributed by atoms with Crippen molar-refractivity contribution in [2.24, 2.45) is 5.92 Å². The summed E-state index contributed by atoms with van der Waals surface area (Å²) in [6.07, 6.45) is 4.70. The second-order valence-corrected chi connectivity index (χ2v) is 6.13. The Morgan fingerprint density at radius 2 is 2.14 bits per heavy atom. The molecule has 2 heterocycles. The number of aryl methyl sites for hydroxylation is 1. The summed E-state index contributed by atoms with van der Waals surface area (Å²) >= 11 is 1.36. The Morgan fingerprint density at radius 1 is 1.48 bits per heavy atom. The monoisotopic (exact) mass is 307 g/mol. The van der Waals surface area contributed by atoms with Crippen LogP contribution in [0.5, 0.6) is 0 Å². The van der Waals surface area contributed by atoms with Crippen LogP contribution in [-0.2, 0) is 0 Å². The highest BCUT2D eigenvalue weighted by atomic mass is 32.1. The highest BCUT2D eigenvalue weighted by molar-refractivity contribution is 7.16. The Labute approximate surface area is 128 Å². The van der Waals surface area contributed by atoms with Crippen molar-refractivity contribution in [1.29, 1.82) is 0 Å². The fourth-order valence-electron chi connectivity index (χ4n) is 2.05. The molecule has 5 nitrogen and oxygen atoms in total. The summed E-state index contributed by atoms with van der Waals surface area (Å²) in [5.74, 6) is 0.0684. The molecular formula is C15H21N3O2S. The molecule has 0 unspecified atom stereocenters. The molecule has 0 bridgehead atoms. The number of thiazole rings is 1. The van der Waals surface area contributed by atoms with Crippen molar-refractivity contribution in [3.8, 4) is 5.13 Å². The Kier molecular flexibility index (Phi) is 5.14. The zero-order chi connectivity index (χ0) is 15.4. The number of hydrogen-bond acceptors (Lipinski definition) is 4. The molecule has 0 aliphatic rings. The van der Waals surface area contributed by atoms with Gasteiger partial charge < -0.3 is 15.0 Å². The van der Waals surface area contributed by atoms with E-state index in [2.05, 4.69) is 10.3 Å². The zero-order valence-corrected chi connectivity index (χ0v) is 13.4. The van der Waals surface area contributed by atoms with Crippen LogP contribution in [0.25, 0.3) is 5.13 Å². The topological polar surface area (TPSA) is 67.2 Å². The standard InChI is InChI=1S/C15H21N3O2S/c1-4-10(2)12(9-19)17-14(20)13-11(3)16-15(21-13)18-7-5-6-8-18/h5-8,10,12,19H,4,9H2,1-3H3,(H,17,20)/t10-,12+/m0/s1. The summed E-state index contributed by atoms with van der Waals surface area (Å²) < 4.78 is 1.88. The van der Waals surface area contributed by atoms with Gasteiger partial charge >= 0.3 is 0 Å². The average molecular weight is 307 g/mol. The molecular weight excluding hydrogens is 286 g/mol. The number of aliphatic hydroxyl groups is 1. The number of aliphatic hydroxyl groups excluding tert-OH is 1. The van der Waals surface area contributed by atoms with E-state index in [0.717, 1.165) is 11.6 Å². The van der Waals surface area contributed by atoms with Crippen LogP contribution in [0.4, 0.5) is 0 Å². The molecule has 6 heteroatoms. The van der Waals surface area contributed by atoms with Crippen molar-refractivity contribution >= 4 is 17.2 Å². The zero-order valence-electron chi connectivity index (χ0n) is 12.5. The third-order valence-electron chi connectivity index (χ3n) is 3.66. The predicted octanol–water partition coefficient (Wildman–Crippen LogP) is 2.38. The third-order valence-corrected chi connectivity index (χ3v) is 4.83. The SMILES string of the molecule is CC[C@H](C)[C@@H](CO)NC(=O)c1sc(-n2cccc2)nc1C. The molecule has 0 aliphatic heterocycles. The van der Waals surface area contributed by atoms with E-state index < -0.39 is 0 Å². The van der Waals surface area contributed by atoms with E-state index in [1.807, 2.05) is 49.9 Å². The first kappa shape index (κ1) is 15.7. The van der Waals surface area contributed by atoms with Gasteiger partial charge in [-0.25, -0.2) is 4.98 Å². The average Bonchev–Trinajstić information content (AvgIpc) is 3.12. The quantitative estimate of drug-likeness (QED) is 0.861. The molecule has 0 spiro atoms. The highest BCUT2D eigenvalue weighted by Gasteiger charge is 2.21. The van der Waals surface area contributed by atoms with Gasteiger partial charge in [-0.1, -0.05) is 31.6 Å². The van der Waals surface area contributed by atoms with Gasteiger partial charge in [0.1, 0.15) is 4.88 Å². The Balaban J connectivity index is 2.16. The summed E-state index contributed by atoms with van der Waals surface area (Å²) in [6.45, 7) is 5.84. The van der Waals surface area contributed by atoms with Gasteiger partial charge in [0.25, 0.3) is 5.91 Å². The van der Waals surface area contributed by atoms with Crippen molar-refractivity contribution in [3.05, 3.63) is 35.1 Å². The van der Waals surface area contributed by atoms with Crippen molar-refractivity contribution < 1.29 is 9.90 Å². The fraction of sp³-hybridized carbons (Fsp3) is 0.467. The van der Waals surface area contributed by atoms with E-state index in [0.29, 0.717) is 10.6 Å². The first-order chi connectivity index (χ1) is 10.1. The lowest BCUT2D eigenvalue weighted by Crippen LogP contribution is -2.41. The van der Waals surface area contributed by atoms with Crippen LogP contribution in [-0.4, -0.2) is 33.2 Å². The number of hydrogen-bond donors (Lipinski definition) is 2. The minimum atomic E-state index is -0.223. The van der Waals surface area contributed by atoms with Gasteiger partial charge in [0, 0.05) is 12.4 Å². The number of nitrogens with one attached hydrogen (secondary N) is 1. The van der Waals surface area contributed by atoms with Crippen LogP contribution in [0.1, 0.15) is 35.6 Å². The summed E-state index contributed by atoms with van der Waals surface area (Å²) in [4.78, 5) is 17.4. The van der Waals surface area contributed by atoms with Crippen LogP contribution in [0.15, 0.2) is 24.5 Å². The van der Waals surface area contributed by atoms with Gasteiger partial charge in [0.15, 0.2) is 5.13 Å². The number of carbonyl (C=O) groups is 1. The molecule has 2 rings (SSSR count). The maximum absolute atomic E-state index is 12.4. The first-order valence-corrected chi connectivity index (χ1v) is 7.91. The van der Waals surface area contributed by atoms with Gasteiger partial charge in [-0.15, -0.1) is 0 Å². The van der Waals surface area contributed by atoms with Crippen molar-refractivity contribution in [1.82, 2.24) is 14.9 Å². The van der Waals surface area contributed by atoms with Gasteiger partial charge in [0.2, 0.25) is 0 Å². The summed E-state index contributed by atoms with van der Waals surface area (Å²) in [6, 6.07) is 3.61. The lowest BCUT2D eigenvalue weighted by atomic mass is 10.00. The molecule has 0 aliphatic carbocycles. The molecule has 0 aromatic carbocycles. The van der Waals surface area contributed by atoms with Crippen LogP contribution in [0, 0.1) is 12.8 Å². The van der Waals surface area contributed by atoms with E-state index in [9.17, 15) is 9.90 Å². The molecule has 0 saturated carbocycles. The number of nitrogens with zero attached hydrogens (tertiary/aromatic N) is 2. The van der Waals surface area contributed by atoms with Crippen molar-refractivity contribution in [2.75, 3.05) is 6.61 Å². The van der Waals surface area contributed by atoms with Crippen LogP contribution >= 0.6 is 11.3 Å². The number of carbonyl (C=O) groups excluding carboxylic acids is 1. The van der Waals surface area contributed by atoms with Crippen molar-refractivity contribution in [2.45, 2.75) is 33.2 Å². The molecule has 0 radical (unpaired) electrons. The lowest BCUT2D eigenvalue weighted by molar-refractivity contribution is 0.0895. The van der Waals surface area contributed by atoms with Crippen molar-refractivity contribution in [3.63, 3.8) is 0 Å². The van der Waals surface area contributed by atoms with Gasteiger partial charge in [-0.2, -0.15) is 0 Å². The summed E-state index contributed by atoms with van der Waals surface area (Å²) in [5.41, 5.74) is 0.710. The Hall–Kier alpha value is -1.66. The maximum atomic E-state index is 12.4. The Morgan fingerprint density at radius 3 is 2.71 bits per heavy atom. The molecule has 2 N–H and O–H groups in total. The van der Waals surface area contributed by atoms with E-state index in [4.69, 9.17) is 0 Å². The molecule has 0 saturated heterocycles. The third kappa shape index (κ3) is 3.51. The number of aromatic nitrogens is 2. The van der Waals surface area contributed by atoms with E-state index >= 15 is 0 Å². The summed E-state index contributed by atoms with van der Waals surface area (Å²) in [5, 5.41) is 13.1. The largest absolute Gasteiger partial charge is 0.394 e. The molecule has 2 aromatic heterocycles. The van der Waals surface area contributed by atoms with Crippen LogP contribution in [0.2, 0.25) is 0 Å². The number of amides is 1. The molecule has 1 amide bonds. The molecule has 0 fully saturated rings. The molecule has 2 aromatic rings. The minimum absolute atomic E-state index is 0.0525. The van der Waals surface area contributed by atoms with E-state index in [1.165, 1.54) is 11.3 Å². The van der Waals surface area contributed by atoms with Gasteiger partial charge in [0.05, 0.1) is 18.3 Å². The highest BCUT2D eigenvalue weighted by Crippen LogP contribution is 2.22. The molecule has 114 valence electrons. The molecule has 2 atom stereocenters. The fourth-order valence-corrected chi connectivity index (χ4v) is 2.99. The molecule has 21 heavy (non-hydrogen) atoms. The van der Waals surface area contributed by atoms with Gasteiger partial charge in [-0.05, 0) is 25.0 Å². The first-order valence-electron chi connectivity index (χ1n) is 7.09. The maximum Gasteiger partial charge on any atom is 0.263 e. The van der Waals surface area contributed by atoms with E-state index in [-0.39, 0.29) is 24.5 Å². The lowest BCUT2D eigenvalue weighted by Gasteiger charge is -2.21. The second-order valence-electron chi connectivity index (χ2n) is 5.15. The van der Waals surface area contributed by atoms with E-state index in [1.54, 1.807) is 0 Å². The Bertz CT molecular complexity index is 592. The second kappa shape index (κ2) is 6.87. The minimum Gasteiger partial charge on any atom is -0.394 e.